The van der Waals surface area contributed by atoms with E-state index in [0.29, 0.717) is 18.7 Å². The highest BCUT2D eigenvalue weighted by Crippen LogP contribution is 2.10. The minimum absolute atomic E-state index is 0.0401. The summed E-state index contributed by atoms with van der Waals surface area (Å²) in [6, 6.07) is 6.89. The van der Waals surface area contributed by atoms with Crippen LogP contribution in [0.2, 0.25) is 0 Å². The molecule has 2 rings (SSSR count). The molecule has 18 heavy (non-hydrogen) atoms. The van der Waals surface area contributed by atoms with Gasteiger partial charge in [0.25, 0.3) is 5.91 Å². The Labute approximate surface area is 113 Å². The van der Waals surface area contributed by atoms with Crippen molar-refractivity contribution < 1.29 is 14.7 Å². The van der Waals surface area contributed by atoms with Crippen molar-refractivity contribution in [2.24, 2.45) is 0 Å². The molecule has 0 aromatic heterocycles. The highest BCUT2D eigenvalue weighted by atomic mass is 79.9. The Morgan fingerprint density at radius 3 is 2.50 bits per heavy atom. The minimum atomic E-state index is -0.420. The predicted molar refractivity (Wildman–Crippen MR) is 69.1 cm³/mol. The molecule has 0 radical (unpaired) electrons. The normalized spacial score (nSPS) is 15.1. The standard InChI is InChI=1S/C12H13BrN2O3/c13-9-3-1-8(2-4-9)12(18)14-5-11(17)15-6-10(16)7-15/h1-4,10,16H,5-7H2,(H,14,18). The maximum absolute atomic E-state index is 11.7. The van der Waals surface area contributed by atoms with Gasteiger partial charge >= 0.3 is 0 Å². The van der Waals surface area contributed by atoms with E-state index in [1.807, 2.05) is 0 Å². The number of aliphatic hydroxyl groups is 1. The number of carbonyl (C=O) groups is 2. The average molecular weight is 313 g/mol. The zero-order valence-corrected chi connectivity index (χ0v) is 11.2. The second kappa shape index (κ2) is 5.49. The Kier molecular flexibility index (Phi) is 3.98. The molecule has 6 heteroatoms. The first-order valence-electron chi connectivity index (χ1n) is 5.56. The molecule has 1 saturated heterocycles. The highest BCUT2D eigenvalue weighted by molar-refractivity contribution is 9.10. The number of nitrogens with zero attached hydrogens (tertiary/aromatic N) is 1. The van der Waals surface area contributed by atoms with Crippen molar-refractivity contribution in [2.75, 3.05) is 19.6 Å². The summed E-state index contributed by atoms with van der Waals surface area (Å²) in [6.07, 6.45) is -0.420. The maximum atomic E-state index is 11.7. The van der Waals surface area contributed by atoms with Gasteiger partial charge in [0.15, 0.2) is 0 Å². The van der Waals surface area contributed by atoms with E-state index in [1.165, 1.54) is 4.90 Å². The zero-order chi connectivity index (χ0) is 13.1. The molecule has 0 saturated carbocycles. The van der Waals surface area contributed by atoms with Crippen LogP contribution in [0.5, 0.6) is 0 Å². The first-order chi connectivity index (χ1) is 8.56. The SMILES string of the molecule is O=C(NCC(=O)N1CC(O)C1)c1ccc(Br)cc1. The van der Waals surface area contributed by atoms with Gasteiger partial charge in [0.05, 0.1) is 12.6 Å². The first-order valence-corrected chi connectivity index (χ1v) is 6.35. The van der Waals surface area contributed by atoms with Crippen molar-refractivity contribution in [3.05, 3.63) is 34.3 Å². The lowest BCUT2D eigenvalue weighted by Crippen LogP contribution is -2.55. The molecule has 1 aromatic rings. The van der Waals surface area contributed by atoms with Crippen LogP contribution in [0.25, 0.3) is 0 Å². The van der Waals surface area contributed by atoms with Gasteiger partial charge in [-0.05, 0) is 24.3 Å². The number of β-amino-alcohol motifs (C(OH)–C–C–N with tert-alkyl or cyclic N) is 1. The third kappa shape index (κ3) is 3.08. The van der Waals surface area contributed by atoms with Gasteiger partial charge in [-0.15, -0.1) is 0 Å². The van der Waals surface area contributed by atoms with E-state index in [2.05, 4.69) is 21.2 Å². The average Bonchev–Trinajstić information content (AvgIpc) is 2.32. The molecule has 0 unspecified atom stereocenters. The summed E-state index contributed by atoms with van der Waals surface area (Å²) in [7, 11) is 0. The van der Waals surface area contributed by atoms with Crippen LogP contribution >= 0.6 is 15.9 Å². The molecule has 1 aromatic carbocycles. The Hall–Kier alpha value is -1.40. The Morgan fingerprint density at radius 2 is 1.94 bits per heavy atom. The van der Waals surface area contributed by atoms with Crippen molar-refractivity contribution in [3.8, 4) is 0 Å². The lowest BCUT2D eigenvalue weighted by molar-refractivity contribution is -0.140. The molecule has 0 bridgehead atoms. The van der Waals surface area contributed by atoms with Crippen LogP contribution in [0.1, 0.15) is 10.4 Å². The molecule has 1 aliphatic heterocycles. The van der Waals surface area contributed by atoms with Gasteiger partial charge in [-0.1, -0.05) is 15.9 Å². The van der Waals surface area contributed by atoms with Gasteiger partial charge in [0, 0.05) is 23.1 Å². The van der Waals surface area contributed by atoms with E-state index in [9.17, 15) is 9.59 Å². The van der Waals surface area contributed by atoms with E-state index in [-0.39, 0.29) is 18.4 Å². The lowest BCUT2D eigenvalue weighted by atomic mass is 10.1. The summed E-state index contributed by atoms with van der Waals surface area (Å²) in [5.41, 5.74) is 0.509. The van der Waals surface area contributed by atoms with Crippen molar-refractivity contribution in [1.29, 1.82) is 0 Å². The van der Waals surface area contributed by atoms with Gasteiger partial charge in [-0.3, -0.25) is 9.59 Å². The van der Waals surface area contributed by atoms with Crippen LogP contribution in [-0.2, 0) is 4.79 Å². The smallest absolute Gasteiger partial charge is 0.251 e. The van der Waals surface area contributed by atoms with E-state index in [0.717, 1.165) is 4.47 Å². The molecular formula is C12H13BrN2O3. The molecule has 1 heterocycles. The summed E-state index contributed by atoms with van der Waals surface area (Å²) >= 11 is 3.28. The quantitative estimate of drug-likeness (QED) is 0.848. The van der Waals surface area contributed by atoms with Crippen molar-refractivity contribution in [2.45, 2.75) is 6.10 Å². The van der Waals surface area contributed by atoms with E-state index in [1.54, 1.807) is 24.3 Å². The van der Waals surface area contributed by atoms with Crippen molar-refractivity contribution in [1.82, 2.24) is 10.2 Å². The van der Waals surface area contributed by atoms with Gasteiger partial charge in [0.2, 0.25) is 5.91 Å². The largest absolute Gasteiger partial charge is 0.389 e. The number of nitrogens with one attached hydrogen (secondary N) is 1. The van der Waals surface area contributed by atoms with Gasteiger partial charge in [-0.25, -0.2) is 0 Å². The second-order valence-electron chi connectivity index (χ2n) is 4.14. The highest BCUT2D eigenvalue weighted by Gasteiger charge is 2.28. The number of hydrogen-bond donors (Lipinski definition) is 2. The number of amides is 2. The molecule has 0 atom stereocenters. The van der Waals surface area contributed by atoms with Crippen LogP contribution in [0.4, 0.5) is 0 Å². The van der Waals surface area contributed by atoms with Crippen molar-refractivity contribution in [3.63, 3.8) is 0 Å². The number of hydrogen-bond acceptors (Lipinski definition) is 3. The number of aliphatic hydroxyl groups excluding tert-OH is 1. The minimum Gasteiger partial charge on any atom is -0.389 e. The van der Waals surface area contributed by atoms with E-state index in [4.69, 9.17) is 5.11 Å². The van der Waals surface area contributed by atoms with Crippen LogP contribution in [0.3, 0.4) is 0 Å². The van der Waals surface area contributed by atoms with E-state index >= 15 is 0 Å². The number of likely N-dealkylation sites (tertiary alicyclic amines) is 1. The topological polar surface area (TPSA) is 69.6 Å². The summed E-state index contributed by atoms with van der Waals surface area (Å²) in [4.78, 5) is 24.8. The predicted octanol–water partition coefficient (Wildman–Crippen LogP) is 0.382. The fourth-order valence-electron chi connectivity index (χ4n) is 1.63. The summed E-state index contributed by atoms with van der Waals surface area (Å²) < 4.78 is 0.893. The molecule has 2 N–H and O–H groups in total. The maximum Gasteiger partial charge on any atom is 0.251 e. The van der Waals surface area contributed by atoms with Crippen molar-refractivity contribution >= 4 is 27.7 Å². The first kappa shape index (κ1) is 13.0. The Morgan fingerprint density at radius 1 is 1.33 bits per heavy atom. The van der Waals surface area contributed by atoms with Crippen LogP contribution in [0.15, 0.2) is 28.7 Å². The number of benzene rings is 1. The van der Waals surface area contributed by atoms with Gasteiger partial charge < -0.3 is 15.3 Å². The molecule has 2 amide bonds. The molecule has 96 valence electrons. The monoisotopic (exact) mass is 312 g/mol. The van der Waals surface area contributed by atoms with Crippen LogP contribution in [0, 0.1) is 0 Å². The fourth-order valence-corrected chi connectivity index (χ4v) is 1.89. The second-order valence-corrected chi connectivity index (χ2v) is 5.06. The van der Waals surface area contributed by atoms with Gasteiger partial charge in [0.1, 0.15) is 0 Å². The molecule has 0 aliphatic carbocycles. The Balaban J connectivity index is 1.81. The third-order valence-electron chi connectivity index (χ3n) is 2.72. The summed E-state index contributed by atoms with van der Waals surface area (Å²) in [6.45, 7) is 0.668. The number of rotatable bonds is 3. The molecule has 0 spiro atoms. The summed E-state index contributed by atoms with van der Waals surface area (Å²) in [5.74, 6) is -0.456. The molecular weight excluding hydrogens is 300 g/mol. The van der Waals surface area contributed by atoms with Crippen LogP contribution in [-0.4, -0.2) is 47.6 Å². The Bertz CT molecular complexity index is 455. The number of carbonyl (C=O) groups excluding carboxylic acids is 2. The number of halogens is 1. The fraction of sp³-hybridized carbons (Fsp3) is 0.333. The third-order valence-corrected chi connectivity index (χ3v) is 3.25. The summed E-state index contributed by atoms with van der Waals surface area (Å²) in [5, 5.41) is 11.6. The molecule has 5 nitrogen and oxygen atoms in total. The molecule has 1 fully saturated rings. The lowest BCUT2D eigenvalue weighted by Gasteiger charge is -2.35. The zero-order valence-electron chi connectivity index (χ0n) is 9.60. The van der Waals surface area contributed by atoms with Crippen LogP contribution < -0.4 is 5.32 Å². The van der Waals surface area contributed by atoms with E-state index < -0.39 is 6.10 Å². The molecule has 1 aliphatic rings. The van der Waals surface area contributed by atoms with Gasteiger partial charge in [-0.2, -0.15) is 0 Å².